The van der Waals surface area contributed by atoms with E-state index in [2.05, 4.69) is 4.98 Å². The largest absolute Gasteiger partial charge is 0.476 e. The number of carboxylic acid groups (broad SMARTS) is 1. The number of rotatable bonds is 2. The van der Waals surface area contributed by atoms with Crippen molar-refractivity contribution in [1.82, 2.24) is 4.98 Å². The summed E-state index contributed by atoms with van der Waals surface area (Å²) in [5.74, 6) is -3.89. The topological polar surface area (TPSA) is 79.3 Å². The van der Waals surface area contributed by atoms with Crippen LogP contribution in [-0.4, -0.2) is 28.1 Å². The van der Waals surface area contributed by atoms with Crippen LogP contribution in [0.2, 0.25) is 5.15 Å². The zero-order valence-electron chi connectivity index (χ0n) is 7.88. The monoisotopic (exact) mass is 268 g/mol. The molecule has 0 fully saturated rings. The van der Waals surface area contributed by atoms with Gasteiger partial charge < -0.3 is 10.4 Å². The number of nitrogens with one attached hydrogen (secondary N) is 1. The fraction of sp³-hybridized carbons (Fsp3) is 0.125. The van der Waals surface area contributed by atoms with Gasteiger partial charge in [0.05, 0.1) is 5.69 Å². The van der Waals surface area contributed by atoms with E-state index < -0.39 is 29.4 Å². The number of anilines is 1. The van der Waals surface area contributed by atoms with Crippen LogP contribution in [0.15, 0.2) is 12.1 Å². The minimum atomic E-state index is -5.12. The Labute approximate surface area is 97.2 Å². The second-order valence-electron chi connectivity index (χ2n) is 2.79. The molecule has 1 heterocycles. The third-order valence-electron chi connectivity index (χ3n) is 1.57. The van der Waals surface area contributed by atoms with E-state index in [0.29, 0.717) is 0 Å². The third kappa shape index (κ3) is 3.31. The fourth-order valence-electron chi connectivity index (χ4n) is 0.892. The molecule has 0 aliphatic rings. The van der Waals surface area contributed by atoms with Crippen LogP contribution in [-0.2, 0) is 4.79 Å². The smallest absolute Gasteiger partial charge is 0.471 e. The summed E-state index contributed by atoms with van der Waals surface area (Å²) in [5, 5.41) is 9.83. The molecule has 0 bridgehead atoms. The number of aromatic nitrogens is 1. The zero-order chi connectivity index (χ0) is 13.2. The van der Waals surface area contributed by atoms with Gasteiger partial charge in [0.25, 0.3) is 0 Å². The van der Waals surface area contributed by atoms with Crippen LogP contribution >= 0.6 is 11.6 Å². The van der Waals surface area contributed by atoms with E-state index in [-0.39, 0.29) is 5.15 Å². The van der Waals surface area contributed by atoms with E-state index in [1.807, 2.05) is 0 Å². The van der Waals surface area contributed by atoms with Gasteiger partial charge in [-0.05, 0) is 12.1 Å². The summed E-state index contributed by atoms with van der Waals surface area (Å²) in [7, 11) is 0. The minimum Gasteiger partial charge on any atom is -0.476 e. The highest BCUT2D eigenvalue weighted by atomic mass is 35.5. The Morgan fingerprint density at radius 2 is 1.94 bits per heavy atom. The first kappa shape index (κ1) is 13.2. The van der Waals surface area contributed by atoms with Gasteiger partial charge in [0.15, 0.2) is 5.69 Å². The summed E-state index contributed by atoms with van der Waals surface area (Å²) in [5.41, 5.74) is -1.35. The lowest BCUT2D eigenvalue weighted by Crippen LogP contribution is -2.30. The molecule has 2 N–H and O–H groups in total. The molecule has 0 unspecified atom stereocenters. The van der Waals surface area contributed by atoms with E-state index in [1.165, 1.54) is 5.32 Å². The molecule has 1 rings (SSSR count). The number of carbonyl (C=O) groups is 2. The van der Waals surface area contributed by atoms with Gasteiger partial charge in [0.1, 0.15) is 5.15 Å². The number of nitrogens with zero attached hydrogens (tertiary/aromatic N) is 1. The second kappa shape index (κ2) is 4.58. The number of carboxylic acids is 1. The average Bonchev–Trinajstić information content (AvgIpc) is 2.18. The number of hydrogen-bond donors (Lipinski definition) is 2. The molecule has 92 valence electrons. The molecule has 0 aliphatic heterocycles. The van der Waals surface area contributed by atoms with Crippen molar-refractivity contribution >= 4 is 29.2 Å². The molecule has 0 aromatic carbocycles. The van der Waals surface area contributed by atoms with Crippen molar-refractivity contribution in [2.45, 2.75) is 6.18 Å². The Bertz CT molecular complexity index is 476. The molecule has 1 aromatic heterocycles. The maximum absolute atomic E-state index is 11.9. The fourth-order valence-corrected chi connectivity index (χ4v) is 1.04. The number of pyridine rings is 1. The van der Waals surface area contributed by atoms with Gasteiger partial charge in [-0.25, -0.2) is 9.78 Å². The van der Waals surface area contributed by atoms with Gasteiger partial charge in [-0.3, -0.25) is 4.79 Å². The highest BCUT2D eigenvalue weighted by molar-refractivity contribution is 6.29. The van der Waals surface area contributed by atoms with Crippen LogP contribution in [0.1, 0.15) is 10.5 Å². The molecule has 0 saturated carbocycles. The molecular formula is C8H4ClF3N2O3. The molecule has 0 aliphatic carbocycles. The molecule has 0 spiro atoms. The summed E-state index contributed by atoms with van der Waals surface area (Å²) in [6.45, 7) is 0. The maximum Gasteiger partial charge on any atom is 0.471 e. The third-order valence-corrected chi connectivity index (χ3v) is 1.78. The Morgan fingerprint density at radius 3 is 2.41 bits per heavy atom. The van der Waals surface area contributed by atoms with Crippen molar-refractivity contribution in [3.63, 3.8) is 0 Å². The number of amides is 1. The van der Waals surface area contributed by atoms with Crippen LogP contribution in [0.5, 0.6) is 0 Å². The lowest BCUT2D eigenvalue weighted by atomic mass is 10.3. The van der Waals surface area contributed by atoms with Crippen LogP contribution in [0, 0.1) is 0 Å². The highest BCUT2D eigenvalue weighted by Gasteiger charge is 2.39. The molecule has 0 atom stereocenters. The number of carbonyl (C=O) groups excluding carboxylic acids is 1. The van der Waals surface area contributed by atoms with Gasteiger partial charge in [-0.2, -0.15) is 13.2 Å². The molecule has 0 radical (unpaired) electrons. The molecule has 17 heavy (non-hydrogen) atoms. The molecular weight excluding hydrogens is 265 g/mol. The Kier molecular flexibility index (Phi) is 3.56. The van der Waals surface area contributed by atoms with Gasteiger partial charge >= 0.3 is 18.1 Å². The van der Waals surface area contributed by atoms with E-state index in [9.17, 15) is 22.8 Å². The molecule has 1 amide bonds. The van der Waals surface area contributed by atoms with E-state index >= 15 is 0 Å². The molecule has 0 saturated heterocycles. The van der Waals surface area contributed by atoms with Crippen molar-refractivity contribution in [2.75, 3.05) is 5.32 Å². The maximum atomic E-state index is 11.9. The zero-order valence-corrected chi connectivity index (χ0v) is 8.63. The standard InChI is InChI=1S/C8H4ClF3N2O3/c9-4-2-1-3(5(14-4)6(15)16)13-7(17)8(10,11)12/h1-2H,(H,13,17)(H,15,16). The van der Waals surface area contributed by atoms with Crippen LogP contribution in [0.25, 0.3) is 0 Å². The van der Waals surface area contributed by atoms with E-state index in [1.54, 1.807) is 0 Å². The van der Waals surface area contributed by atoms with Gasteiger partial charge in [-0.1, -0.05) is 11.6 Å². The highest BCUT2D eigenvalue weighted by Crippen LogP contribution is 2.21. The average molecular weight is 269 g/mol. The van der Waals surface area contributed by atoms with Crippen LogP contribution < -0.4 is 5.32 Å². The lowest BCUT2D eigenvalue weighted by Gasteiger charge is -2.09. The number of halogens is 4. The quantitative estimate of drug-likeness (QED) is 0.803. The summed E-state index contributed by atoms with van der Waals surface area (Å²) in [6.07, 6.45) is -5.12. The number of alkyl halides is 3. The number of hydrogen-bond acceptors (Lipinski definition) is 3. The van der Waals surface area contributed by atoms with Crippen LogP contribution in [0.4, 0.5) is 18.9 Å². The van der Waals surface area contributed by atoms with Crippen LogP contribution in [0.3, 0.4) is 0 Å². The summed E-state index contributed by atoms with van der Waals surface area (Å²) >= 11 is 5.38. The van der Waals surface area contributed by atoms with Crippen molar-refractivity contribution in [3.05, 3.63) is 23.0 Å². The van der Waals surface area contributed by atoms with Crippen molar-refractivity contribution in [1.29, 1.82) is 0 Å². The Morgan fingerprint density at radius 1 is 1.35 bits per heavy atom. The van der Waals surface area contributed by atoms with Crippen molar-refractivity contribution < 1.29 is 27.9 Å². The van der Waals surface area contributed by atoms with Crippen molar-refractivity contribution in [2.24, 2.45) is 0 Å². The molecule has 9 heteroatoms. The first-order valence-corrected chi connectivity index (χ1v) is 4.37. The predicted molar refractivity (Wildman–Crippen MR) is 50.9 cm³/mol. The first-order valence-electron chi connectivity index (χ1n) is 4.00. The summed E-state index contributed by atoms with van der Waals surface area (Å²) < 4.78 is 35.8. The van der Waals surface area contributed by atoms with Crippen molar-refractivity contribution in [3.8, 4) is 0 Å². The summed E-state index contributed by atoms with van der Waals surface area (Å²) in [4.78, 5) is 24.5. The minimum absolute atomic E-state index is 0.215. The van der Waals surface area contributed by atoms with Gasteiger partial charge in [0, 0.05) is 0 Å². The van der Waals surface area contributed by atoms with Gasteiger partial charge in [0.2, 0.25) is 0 Å². The summed E-state index contributed by atoms with van der Waals surface area (Å²) in [6, 6.07) is 1.97. The predicted octanol–water partition coefficient (Wildman–Crippen LogP) is 1.93. The van der Waals surface area contributed by atoms with E-state index in [4.69, 9.17) is 16.7 Å². The Balaban J connectivity index is 3.07. The number of aromatic carboxylic acids is 1. The Hall–Kier alpha value is -1.83. The van der Waals surface area contributed by atoms with Gasteiger partial charge in [-0.15, -0.1) is 0 Å². The first-order chi connectivity index (χ1) is 7.71. The normalized spacial score (nSPS) is 11.1. The second-order valence-corrected chi connectivity index (χ2v) is 3.17. The SMILES string of the molecule is O=C(O)c1nc(Cl)ccc1NC(=O)C(F)(F)F. The molecule has 5 nitrogen and oxygen atoms in total. The molecule has 1 aromatic rings. The van der Waals surface area contributed by atoms with E-state index in [0.717, 1.165) is 12.1 Å². The lowest BCUT2D eigenvalue weighted by molar-refractivity contribution is -0.167.